The van der Waals surface area contributed by atoms with Crippen molar-refractivity contribution in [1.82, 2.24) is 9.88 Å². The molecule has 1 amide bonds. The molecule has 6 heteroatoms. The zero-order chi connectivity index (χ0) is 14.8. The van der Waals surface area contributed by atoms with Crippen molar-refractivity contribution in [1.29, 1.82) is 0 Å². The quantitative estimate of drug-likeness (QED) is 0.927. The van der Waals surface area contributed by atoms with Crippen molar-refractivity contribution in [3.05, 3.63) is 41.2 Å². The number of rotatable bonds is 2. The first-order chi connectivity index (χ1) is 10.1. The van der Waals surface area contributed by atoms with Crippen molar-refractivity contribution in [3.8, 4) is 10.6 Å². The van der Waals surface area contributed by atoms with Gasteiger partial charge in [0.05, 0.1) is 6.10 Å². The molecule has 1 aliphatic rings. The average Bonchev–Trinajstić information content (AvgIpc) is 2.97. The lowest BCUT2D eigenvalue weighted by Gasteiger charge is -2.29. The number of carbonyl (C=O) groups is 1. The molecule has 0 aliphatic carbocycles. The Labute approximate surface area is 125 Å². The molecule has 0 radical (unpaired) electrons. The van der Waals surface area contributed by atoms with Gasteiger partial charge in [-0.05, 0) is 37.1 Å². The second kappa shape index (κ2) is 5.91. The second-order valence-corrected chi connectivity index (χ2v) is 5.95. The molecule has 1 unspecified atom stereocenters. The molecule has 2 aromatic rings. The standard InChI is InChI=1S/C15H15FN2O2S/c16-11-5-3-10(4-6-11)14-17-13(9-21-14)15(20)18-7-1-2-12(19)8-18/h3-6,9,12,19H,1-2,7-8H2. The molecule has 1 N–H and O–H groups in total. The molecule has 1 aliphatic heterocycles. The van der Waals surface area contributed by atoms with Crippen molar-refractivity contribution >= 4 is 17.2 Å². The van der Waals surface area contributed by atoms with Crippen LogP contribution < -0.4 is 0 Å². The predicted molar refractivity (Wildman–Crippen MR) is 78.7 cm³/mol. The summed E-state index contributed by atoms with van der Waals surface area (Å²) in [6.07, 6.45) is 1.10. The highest BCUT2D eigenvalue weighted by atomic mass is 32.1. The fraction of sp³-hybridized carbons (Fsp3) is 0.333. The second-order valence-electron chi connectivity index (χ2n) is 5.09. The van der Waals surface area contributed by atoms with Gasteiger partial charge in [0.1, 0.15) is 16.5 Å². The first kappa shape index (κ1) is 14.2. The maximum atomic E-state index is 12.9. The summed E-state index contributed by atoms with van der Waals surface area (Å²) in [5.74, 6) is -0.452. The number of thiazole rings is 1. The number of amides is 1. The van der Waals surface area contributed by atoms with E-state index in [1.807, 2.05) is 0 Å². The number of halogens is 1. The number of hydrogen-bond donors (Lipinski definition) is 1. The Hall–Kier alpha value is -1.79. The van der Waals surface area contributed by atoms with E-state index in [0.29, 0.717) is 23.8 Å². The minimum absolute atomic E-state index is 0.154. The zero-order valence-corrected chi connectivity index (χ0v) is 12.1. The summed E-state index contributed by atoms with van der Waals surface area (Å²) in [6, 6.07) is 6.04. The van der Waals surface area contributed by atoms with E-state index in [2.05, 4.69) is 4.98 Å². The minimum Gasteiger partial charge on any atom is -0.391 e. The third kappa shape index (κ3) is 3.11. The van der Waals surface area contributed by atoms with Gasteiger partial charge in [0.25, 0.3) is 5.91 Å². The molecule has 0 bridgehead atoms. The predicted octanol–water partition coefficient (Wildman–Crippen LogP) is 2.55. The Morgan fingerprint density at radius 2 is 2.14 bits per heavy atom. The van der Waals surface area contributed by atoms with Gasteiger partial charge in [0, 0.05) is 24.0 Å². The van der Waals surface area contributed by atoms with E-state index >= 15 is 0 Å². The van der Waals surface area contributed by atoms with E-state index in [0.717, 1.165) is 18.4 Å². The number of benzene rings is 1. The van der Waals surface area contributed by atoms with E-state index in [-0.39, 0.29) is 11.7 Å². The van der Waals surface area contributed by atoms with Gasteiger partial charge in [-0.25, -0.2) is 9.37 Å². The molecule has 4 nitrogen and oxygen atoms in total. The summed E-state index contributed by atoms with van der Waals surface area (Å²) in [5, 5.41) is 12.0. The van der Waals surface area contributed by atoms with Crippen LogP contribution in [0.25, 0.3) is 10.6 Å². The van der Waals surface area contributed by atoms with Crippen LogP contribution in [0.1, 0.15) is 23.3 Å². The number of carbonyl (C=O) groups excluding carboxylic acids is 1. The Morgan fingerprint density at radius 3 is 2.86 bits per heavy atom. The molecule has 0 spiro atoms. The van der Waals surface area contributed by atoms with Crippen LogP contribution >= 0.6 is 11.3 Å². The molecule has 1 aromatic carbocycles. The molecule has 1 fully saturated rings. The molecule has 0 saturated carbocycles. The van der Waals surface area contributed by atoms with Crippen LogP contribution in [0.5, 0.6) is 0 Å². The van der Waals surface area contributed by atoms with Crippen molar-refractivity contribution < 1.29 is 14.3 Å². The first-order valence-corrected chi connectivity index (χ1v) is 7.70. The SMILES string of the molecule is O=C(c1csc(-c2ccc(F)cc2)n1)N1CCCC(O)C1. The van der Waals surface area contributed by atoms with E-state index in [4.69, 9.17) is 0 Å². The van der Waals surface area contributed by atoms with Crippen molar-refractivity contribution in [2.24, 2.45) is 0 Å². The smallest absolute Gasteiger partial charge is 0.273 e. The summed E-state index contributed by atoms with van der Waals surface area (Å²) in [4.78, 5) is 18.3. The van der Waals surface area contributed by atoms with Crippen LogP contribution in [0.2, 0.25) is 0 Å². The molecule has 1 saturated heterocycles. The summed E-state index contributed by atoms with van der Waals surface area (Å²) >= 11 is 1.36. The van der Waals surface area contributed by atoms with E-state index in [9.17, 15) is 14.3 Å². The summed E-state index contributed by atoms with van der Waals surface area (Å²) in [7, 11) is 0. The summed E-state index contributed by atoms with van der Waals surface area (Å²) in [5.41, 5.74) is 1.17. The number of β-amino-alcohol motifs (C(OH)–C–C–N with tert-alkyl or cyclic N) is 1. The van der Waals surface area contributed by atoms with Crippen LogP contribution in [-0.2, 0) is 0 Å². The van der Waals surface area contributed by atoms with Crippen molar-refractivity contribution in [3.63, 3.8) is 0 Å². The maximum Gasteiger partial charge on any atom is 0.273 e. The first-order valence-electron chi connectivity index (χ1n) is 6.82. The van der Waals surface area contributed by atoms with Gasteiger partial charge >= 0.3 is 0 Å². The van der Waals surface area contributed by atoms with Gasteiger partial charge in [0.2, 0.25) is 0 Å². The average molecular weight is 306 g/mol. The fourth-order valence-corrected chi connectivity index (χ4v) is 3.20. The Bertz CT molecular complexity index is 641. The number of hydrogen-bond acceptors (Lipinski definition) is 4. The van der Waals surface area contributed by atoms with Crippen LogP contribution in [-0.4, -0.2) is 40.1 Å². The molecule has 1 aromatic heterocycles. The van der Waals surface area contributed by atoms with E-state index in [1.165, 1.54) is 23.5 Å². The number of piperidine rings is 1. The lowest BCUT2D eigenvalue weighted by atomic mass is 10.1. The Balaban J connectivity index is 1.78. The van der Waals surface area contributed by atoms with Gasteiger partial charge in [-0.3, -0.25) is 4.79 Å². The van der Waals surface area contributed by atoms with E-state index in [1.54, 1.807) is 22.4 Å². The molecule has 21 heavy (non-hydrogen) atoms. The minimum atomic E-state index is -0.446. The summed E-state index contributed by atoms with van der Waals surface area (Å²) < 4.78 is 12.9. The maximum absolute atomic E-state index is 12.9. The van der Waals surface area contributed by atoms with Crippen molar-refractivity contribution in [2.45, 2.75) is 18.9 Å². The van der Waals surface area contributed by atoms with Gasteiger partial charge in [-0.2, -0.15) is 0 Å². The highest BCUT2D eigenvalue weighted by molar-refractivity contribution is 7.13. The number of likely N-dealkylation sites (tertiary alicyclic amines) is 1. The molecule has 110 valence electrons. The van der Waals surface area contributed by atoms with Gasteiger partial charge in [-0.1, -0.05) is 0 Å². The molecule has 3 rings (SSSR count). The third-order valence-electron chi connectivity index (χ3n) is 3.50. The molecule has 2 heterocycles. The topological polar surface area (TPSA) is 53.4 Å². The number of aliphatic hydroxyl groups excluding tert-OH is 1. The molecular weight excluding hydrogens is 291 g/mol. The van der Waals surface area contributed by atoms with E-state index < -0.39 is 6.10 Å². The monoisotopic (exact) mass is 306 g/mol. The van der Waals surface area contributed by atoms with Crippen LogP contribution in [0.15, 0.2) is 29.6 Å². The van der Waals surface area contributed by atoms with Gasteiger partial charge in [-0.15, -0.1) is 11.3 Å². The highest BCUT2D eigenvalue weighted by Crippen LogP contribution is 2.25. The number of aliphatic hydroxyl groups is 1. The lowest BCUT2D eigenvalue weighted by molar-refractivity contribution is 0.0469. The van der Waals surface area contributed by atoms with Crippen LogP contribution in [0.4, 0.5) is 4.39 Å². The Morgan fingerprint density at radius 1 is 1.38 bits per heavy atom. The fourth-order valence-electron chi connectivity index (χ4n) is 2.40. The van der Waals surface area contributed by atoms with Gasteiger partial charge in [0.15, 0.2) is 0 Å². The highest BCUT2D eigenvalue weighted by Gasteiger charge is 2.24. The normalized spacial score (nSPS) is 18.8. The Kier molecular flexibility index (Phi) is 3.98. The number of nitrogens with zero attached hydrogens (tertiary/aromatic N) is 2. The number of aromatic nitrogens is 1. The summed E-state index contributed by atoms with van der Waals surface area (Å²) in [6.45, 7) is 1.02. The van der Waals surface area contributed by atoms with Crippen molar-refractivity contribution in [2.75, 3.05) is 13.1 Å². The molecule has 1 atom stereocenters. The molecular formula is C15H15FN2O2S. The van der Waals surface area contributed by atoms with Gasteiger partial charge < -0.3 is 10.0 Å². The van der Waals surface area contributed by atoms with Crippen LogP contribution in [0, 0.1) is 5.82 Å². The lowest BCUT2D eigenvalue weighted by Crippen LogP contribution is -2.42. The van der Waals surface area contributed by atoms with Crippen LogP contribution in [0.3, 0.4) is 0 Å². The zero-order valence-electron chi connectivity index (χ0n) is 11.3. The third-order valence-corrected chi connectivity index (χ3v) is 4.39. The largest absolute Gasteiger partial charge is 0.391 e.